The number of primary amides is 1. The number of aliphatic carboxylic acids is 1. The third-order valence-electron chi connectivity index (χ3n) is 2.96. The molecular weight excluding hydrogens is 289 g/mol. The van der Waals surface area contributed by atoms with Crippen LogP contribution in [0.4, 0.5) is 4.39 Å². The molecule has 22 heavy (non-hydrogen) atoms. The van der Waals surface area contributed by atoms with Gasteiger partial charge in [-0.1, -0.05) is 24.3 Å². The standard InChI is InChI=1S/C16H14FNO4/c17-12-5-7-13(8-6-12)22-15(16(18)21)11-3-1-10(2-4-11)9-14(19)20/h1-8,15H,9H2,(H2,18,21)(H,19,20). The first-order valence-corrected chi connectivity index (χ1v) is 6.48. The maximum absolute atomic E-state index is 12.9. The van der Waals surface area contributed by atoms with Crippen LogP contribution in [0.25, 0.3) is 0 Å². The molecule has 1 amide bonds. The summed E-state index contributed by atoms with van der Waals surface area (Å²) in [5.74, 6) is -1.75. The van der Waals surface area contributed by atoms with Gasteiger partial charge in [0, 0.05) is 5.56 Å². The fourth-order valence-corrected chi connectivity index (χ4v) is 1.92. The number of rotatable bonds is 6. The van der Waals surface area contributed by atoms with Crippen molar-refractivity contribution in [1.29, 1.82) is 0 Å². The zero-order chi connectivity index (χ0) is 16.1. The van der Waals surface area contributed by atoms with Gasteiger partial charge in [0.05, 0.1) is 6.42 Å². The van der Waals surface area contributed by atoms with Gasteiger partial charge in [-0.25, -0.2) is 4.39 Å². The average molecular weight is 303 g/mol. The van der Waals surface area contributed by atoms with Gasteiger partial charge >= 0.3 is 5.97 Å². The molecule has 2 aromatic rings. The highest BCUT2D eigenvalue weighted by atomic mass is 19.1. The van der Waals surface area contributed by atoms with E-state index in [-0.39, 0.29) is 6.42 Å². The lowest BCUT2D eigenvalue weighted by Crippen LogP contribution is -2.26. The van der Waals surface area contributed by atoms with E-state index in [1.54, 1.807) is 24.3 Å². The maximum atomic E-state index is 12.9. The maximum Gasteiger partial charge on any atom is 0.307 e. The number of ether oxygens (including phenoxy) is 1. The van der Waals surface area contributed by atoms with E-state index in [4.69, 9.17) is 15.6 Å². The van der Waals surface area contributed by atoms with Gasteiger partial charge in [-0.3, -0.25) is 9.59 Å². The predicted molar refractivity (Wildman–Crippen MR) is 76.7 cm³/mol. The molecule has 0 saturated carbocycles. The summed E-state index contributed by atoms with van der Waals surface area (Å²) in [4.78, 5) is 22.2. The Morgan fingerprint density at radius 2 is 1.68 bits per heavy atom. The van der Waals surface area contributed by atoms with Crippen molar-refractivity contribution in [1.82, 2.24) is 0 Å². The quantitative estimate of drug-likeness (QED) is 0.854. The second-order valence-electron chi connectivity index (χ2n) is 4.67. The molecule has 0 aliphatic rings. The van der Waals surface area contributed by atoms with E-state index in [2.05, 4.69) is 0 Å². The van der Waals surface area contributed by atoms with E-state index in [0.717, 1.165) is 0 Å². The summed E-state index contributed by atoms with van der Waals surface area (Å²) in [5.41, 5.74) is 6.42. The number of amides is 1. The SMILES string of the molecule is NC(=O)C(Oc1ccc(F)cc1)c1ccc(CC(=O)O)cc1. The molecule has 0 aliphatic carbocycles. The molecule has 3 N–H and O–H groups in total. The van der Waals surface area contributed by atoms with Crippen LogP contribution in [0.3, 0.4) is 0 Å². The summed E-state index contributed by atoms with van der Waals surface area (Å²) in [5, 5.41) is 8.72. The van der Waals surface area contributed by atoms with Crippen molar-refractivity contribution in [2.75, 3.05) is 0 Å². The Bertz CT molecular complexity index is 668. The topological polar surface area (TPSA) is 89.6 Å². The molecule has 1 unspecified atom stereocenters. The Balaban J connectivity index is 2.18. The fraction of sp³-hybridized carbons (Fsp3) is 0.125. The molecule has 114 valence electrons. The van der Waals surface area contributed by atoms with E-state index in [1.165, 1.54) is 24.3 Å². The molecule has 0 fully saturated rings. The molecule has 0 aromatic heterocycles. The van der Waals surface area contributed by atoms with Crippen LogP contribution in [-0.4, -0.2) is 17.0 Å². The van der Waals surface area contributed by atoms with E-state index in [9.17, 15) is 14.0 Å². The number of halogens is 1. The first-order valence-electron chi connectivity index (χ1n) is 6.48. The second-order valence-corrected chi connectivity index (χ2v) is 4.67. The third kappa shape index (κ3) is 4.05. The summed E-state index contributed by atoms with van der Waals surface area (Å²) in [6, 6.07) is 11.6. The highest BCUT2D eigenvalue weighted by Gasteiger charge is 2.20. The van der Waals surface area contributed by atoms with Crippen LogP contribution in [-0.2, 0) is 16.0 Å². The second kappa shape index (κ2) is 6.71. The zero-order valence-corrected chi connectivity index (χ0v) is 11.5. The first kappa shape index (κ1) is 15.5. The molecular formula is C16H14FNO4. The highest BCUT2D eigenvalue weighted by molar-refractivity contribution is 5.81. The van der Waals surface area contributed by atoms with Crippen molar-refractivity contribution in [3.8, 4) is 5.75 Å². The fourth-order valence-electron chi connectivity index (χ4n) is 1.92. The molecule has 1 atom stereocenters. The van der Waals surface area contributed by atoms with Gasteiger partial charge in [0.1, 0.15) is 11.6 Å². The summed E-state index contributed by atoms with van der Waals surface area (Å²) in [7, 11) is 0. The lowest BCUT2D eigenvalue weighted by molar-refractivity contribution is -0.136. The van der Waals surface area contributed by atoms with Crippen LogP contribution in [0, 0.1) is 5.82 Å². The molecule has 0 heterocycles. The highest BCUT2D eigenvalue weighted by Crippen LogP contribution is 2.22. The lowest BCUT2D eigenvalue weighted by atomic mass is 10.0. The summed E-state index contributed by atoms with van der Waals surface area (Å²) in [6.45, 7) is 0. The van der Waals surface area contributed by atoms with E-state index >= 15 is 0 Å². The number of benzene rings is 2. The number of carbonyl (C=O) groups excluding carboxylic acids is 1. The molecule has 6 heteroatoms. The molecule has 0 radical (unpaired) electrons. The molecule has 2 aromatic carbocycles. The molecule has 0 saturated heterocycles. The van der Waals surface area contributed by atoms with Gasteiger partial charge in [-0.05, 0) is 29.8 Å². The van der Waals surface area contributed by atoms with Gasteiger partial charge in [-0.15, -0.1) is 0 Å². The lowest BCUT2D eigenvalue weighted by Gasteiger charge is -2.16. The molecule has 5 nitrogen and oxygen atoms in total. The Morgan fingerprint density at radius 3 is 2.18 bits per heavy atom. The summed E-state index contributed by atoms with van der Waals surface area (Å²) < 4.78 is 18.3. The smallest absolute Gasteiger partial charge is 0.307 e. The number of carboxylic acid groups (broad SMARTS) is 1. The summed E-state index contributed by atoms with van der Waals surface area (Å²) >= 11 is 0. The minimum absolute atomic E-state index is 0.111. The van der Waals surface area contributed by atoms with Gasteiger partial charge in [0.25, 0.3) is 5.91 Å². The van der Waals surface area contributed by atoms with Gasteiger partial charge in [-0.2, -0.15) is 0 Å². The minimum atomic E-state index is -1.04. The van der Waals surface area contributed by atoms with E-state index in [1.807, 2.05) is 0 Å². The van der Waals surface area contributed by atoms with Crippen molar-refractivity contribution in [3.63, 3.8) is 0 Å². The van der Waals surface area contributed by atoms with E-state index in [0.29, 0.717) is 16.9 Å². The molecule has 0 spiro atoms. The number of hydrogen-bond donors (Lipinski definition) is 2. The molecule has 0 bridgehead atoms. The first-order chi connectivity index (χ1) is 10.5. The summed E-state index contributed by atoms with van der Waals surface area (Å²) in [6.07, 6.45) is -1.15. The monoisotopic (exact) mass is 303 g/mol. The molecule has 0 aliphatic heterocycles. The Hall–Kier alpha value is -2.89. The van der Waals surface area contributed by atoms with Crippen molar-refractivity contribution in [3.05, 3.63) is 65.5 Å². The van der Waals surface area contributed by atoms with Crippen molar-refractivity contribution < 1.29 is 23.8 Å². The van der Waals surface area contributed by atoms with Crippen LogP contribution in [0.5, 0.6) is 5.75 Å². The van der Waals surface area contributed by atoms with Crippen LogP contribution < -0.4 is 10.5 Å². The van der Waals surface area contributed by atoms with Crippen molar-refractivity contribution >= 4 is 11.9 Å². The number of hydrogen-bond acceptors (Lipinski definition) is 3. The third-order valence-corrected chi connectivity index (χ3v) is 2.96. The Kier molecular flexibility index (Phi) is 4.73. The number of carbonyl (C=O) groups is 2. The van der Waals surface area contributed by atoms with Crippen molar-refractivity contribution in [2.45, 2.75) is 12.5 Å². The predicted octanol–water partition coefficient (Wildman–Crippen LogP) is 2.06. The van der Waals surface area contributed by atoms with E-state index < -0.39 is 23.8 Å². The molecule has 2 rings (SSSR count). The average Bonchev–Trinajstić information content (AvgIpc) is 2.47. The normalized spacial score (nSPS) is 11.7. The van der Waals surface area contributed by atoms with Crippen LogP contribution >= 0.6 is 0 Å². The van der Waals surface area contributed by atoms with Crippen LogP contribution in [0.1, 0.15) is 17.2 Å². The minimum Gasteiger partial charge on any atom is -0.481 e. The van der Waals surface area contributed by atoms with Crippen LogP contribution in [0.2, 0.25) is 0 Å². The zero-order valence-electron chi connectivity index (χ0n) is 11.5. The van der Waals surface area contributed by atoms with Gasteiger partial charge in [0.15, 0.2) is 0 Å². The van der Waals surface area contributed by atoms with Gasteiger partial charge in [0.2, 0.25) is 6.10 Å². The Morgan fingerprint density at radius 1 is 1.09 bits per heavy atom. The largest absolute Gasteiger partial charge is 0.481 e. The number of carboxylic acids is 1. The van der Waals surface area contributed by atoms with Crippen LogP contribution in [0.15, 0.2) is 48.5 Å². The van der Waals surface area contributed by atoms with Gasteiger partial charge < -0.3 is 15.6 Å². The van der Waals surface area contributed by atoms with Crippen molar-refractivity contribution in [2.24, 2.45) is 5.73 Å². The number of nitrogens with two attached hydrogens (primary N) is 1. The Labute approximate surface area is 126 Å².